The van der Waals surface area contributed by atoms with Crippen LogP contribution in [0.2, 0.25) is 0 Å². The van der Waals surface area contributed by atoms with E-state index < -0.39 is 17.6 Å². The van der Waals surface area contributed by atoms with E-state index in [1.807, 2.05) is 6.92 Å². The maximum Gasteiger partial charge on any atom is 0.336 e. The lowest BCUT2D eigenvalue weighted by Gasteiger charge is -2.56. The maximum absolute atomic E-state index is 12.5. The van der Waals surface area contributed by atoms with Gasteiger partial charge in [0.05, 0.1) is 0 Å². The highest BCUT2D eigenvalue weighted by Crippen LogP contribution is 2.55. The number of ether oxygens (including phenoxy) is 1. The number of hydrogen-bond donors (Lipinski definition) is 2. The molecule has 4 saturated carbocycles. The summed E-state index contributed by atoms with van der Waals surface area (Å²) in [5, 5.41) is 6.36. The quantitative estimate of drug-likeness (QED) is 0.731. The highest BCUT2D eigenvalue weighted by Gasteiger charge is 2.51. The molecule has 0 spiro atoms. The van der Waals surface area contributed by atoms with Crippen molar-refractivity contribution in [3.63, 3.8) is 0 Å². The predicted molar refractivity (Wildman–Crippen MR) is 115 cm³/mol. The van der Waals surface area contributed by atoms with Crippen molar-refractivity contribution in [1.29, 1.82) is 0 Å². The van der Waals surface area contributed by atoms with Crippen LogP contribution in [0.3, 0.4) is 0 Å². The SMILES string of the molecule is Cc1cc(=O)oc2c(C)c(OCC(=O)NC(=O)NC34CC5CC(CC(C5)C3)C4)ccc12. The summed E-state index contributed by atoms with van der Waals surface area (Å²) in [5.41, 5.74) is 1.33. The van der Waals surface area contributed by atoms with Gasteiger partial charge < -0.3 is 14.5 Å². The minimum absolute atomic E-state index is 0.149. The molecular weight excluding hydrogens is 396 g/mol. The zero-order valence-electron chi connectivity index (χ0n) is 18.0. The Morgan fingerprint density at radius 3 is 2.39 bits per heavy atom. The number of rotatable bonds is 4. The van der Waals surface area contributed by atoms with Crippen molar-refractivity contribution in [2.24, 2.45) is 17.8 Å². The van der Waals surface area contributed by atoms with Crippen molar-refractivity contribution in [2.75, 3.05) is 6.61 Å². The van der Waals surface area contributed by atoms with Gasteiger partial charge in [-0.1, -0.05) is 0 Å². The molecule has 4 aliphatic rings. The predicted octanol–water partition coefficient (Wildman–Crippen LogP) is 3.58. The Kier molecular flexibility index (Phi) is 4.79. The van der Waals surface area contributed by atoms with Gasteiger partial charge in [0.1, 0.15) is 11.3 Å². The number of nitrogens with one attached hydrogen (secondary N) is 2. The summed E-state index contributed by atoms with van der Waals surface area (Å²) < 4.78 is 10.9. The molecule has 0 saturated heterocycles. The van der Waals surface area contributed by atoms with Crippen molar-refractivity contribution < 1.29 is 18.7 Å². The number of imide groups is 1. The van der Waals surface area contributed by atoms with Crippen molar-refractivity contribution in [3.05, 3.63) is 39.7 Å². The second-order valence-corrected chi connectivity index (χ2v) is 9.80. The number of urea groups is 1. The molecule has 2 N–H and O–H groups in total. The van der Waals surface area contributed by atoms with Gasteiger partial charge in [0, 0.05) is 22.6 Å². The van der Waals surface area contributed by atoms with Crippen LogP contribution in [0.4, 0.5) is 4.79 Å². The van der Waals surface area contributed by atoms with Crippen molar-refractivity contribution in [1.82, 2.24) is 10.6 Å². The van der Waals surface area contributed by atoms with Crippen LogP contribution >= 0.6 is 0 Å². The molecule has 31 heavy (non-hydrogen) atoms. The Morgan fingerprint density at radius 2 is 1.74 bits per heavy atom. The van der Waals surface area contributed by atoms with E-state index in [4.69, 9.17) is 9.15 Å². The first-order valence-electron chi connectivity index (χ1n) is 11.1. The standard InChI is InChI=1S/C24H28N2O5/c1-13-5-21(28)31-22-14(2)19(4-3-18(13)22)30-12-20(27)25-23(29)26-24-9-15-6-16(10-24)8-17(7-15)11-24/h3-5,15-17H,6-12H2,1-2H3,(H2,25,26,27,29). The van der Waals surface area contributed by atoms with Crippen LogP contribution in [0.25, 0.3) is 11.0 Å². The third kappa shape index (κ3) is 3.82. The average Bonchev–Trinajstić information content (AvgIpc) is 2.66. The number of hydrogen-bond acceptors (Lipinski definition) is 5. The van der Waals surface area contributed by atoms with E-state index in [1.54, 1.807) is 19.1 Å². The number of amides is 3. The summed E-state index contributed by atoms with van der Waals surface area (Å²) in [5.74, 6) is 2.07. The number of carbonyl (C=O) groups excluding carboxylic acids is 2. The van der Waals surface area contributed by atoms with Gasteiger partial charge in [-0.3, -0.25) is 10.1 Å². The van der Waals surface area contributed by atoms with Crippen LogP contribution in [-0.2, 0) is 4.79 Å². The Balaban J connectivity index is 1.20. The molecule has 4 fully saturated rings. The van der Waals surface area contributed by atoms with Crippen LogP contribution in [0, 0.1) is 31.6 Å². The molecular formula is C24H28N2O5. The van der Waals surface area contributed by atoms with E-state index >= 15 is 0 Å². The van der Waals surface area contributed by atoms with Crippen LogP contribution in [0.1, 0.15) is 49.7 Å². The molecule has 3 amide bonds. The van der Waals surface area contributed by atoms with E-state index in [2.05, 4.69) is 10.6 Å². The normalized spacial score (nSPS) is 28.5. The van der Waals surface area contributed by atoms with Crippen LogP contribution in [0.15, 0.2) is 27.4 Å². The average molecular weight is 424 g/mol. The lowest BCUT2D eigenvalue weighted by molar-refractivity contribution is -0.122. The lowest BCUT2D eigenvalue weighted by Crippen LogP contribution is -2.62. The molecule has 6 rings (SSSR count). The Bertz CT molecular complexity index is 1080. The van der Waals surface area contributed by atoms with E-state index in [-0.39, 0.29) is 12.1 Å². The monoisotopic (exact) mass is 424 g/mol. The second-order valence-electron chi connectivity index (χ2n) is 9.80. The third-order valence-electron chi connectivity index (χ3n) is 7.35. The lowest BCUT2D eigenvalue weighted by atomic mass is 9.53. The van der Waals surface area contributed by atoms with Gasteiger partial charge in [0.2, 0.25) is 0 Å². The zero-order chi connectivity index (χ0) is 21.8. The molecule has 1 aromatic heterocycles. The fraction of sp³-hybridized carbons (Fsp3) is 0.542. The van der Waals surface area contributed by atoms with Crippen LogP contribution in [0.5, 0.6) is 5.75 Å². The van der Waals surface area contributed by atoms with Gasteiger partial charge in [0.25, 0.3) is 5.91 Å². The fourth-order valence-electron chi connectivity index (χ4n) is 6.50. The van der Waals surface area contributed by atoms with Gasteiger partial charge >= 0.3 is 11.7 Å². The molecule has 4 aliphatic carbocycles. The van der Waals surface area contributed by atoms with Crippen LogP contribution < -0.4 is 21.0 Å². The summed E-state index contributed by atoms with van der Waals surface area (Å²) in [6.45, 7) is 3.32. The highest BCUT2D eigenvalue weighted by atomic mass is 16.5. The first-order valence-corrected chi connectivity index (χ1v) is 11.1. The summed E-state index contributed by atoms with van der Waals surface area (Å²) in [4.78, 5) is 36.5. The Morgan fingerprint density at radius 1 is 1.10 bits per heavy atom. The van der Waals surface area contributed by atoms with E-state index in [1.165, 1.54) is 25.3 Å². The largest absolute Gasteiger partial charge is 0.483 e. The topological polar surface area (TPSA) is 97.6 Å². The van der Waals surface area contributed by atoms with Gasteiger partial charge in [-0.2, -0.15) is 0 Å². The maximum atomic E-state index is 12.5. The summed E-state index contributed by atoms with van der Waals surface area (Å²) >= 11 is 0. The molecule has 2 aromatic rings. The molecule has 0 atom stereocenters. The molecule has 7 nitrogen and oxygen atoms in total. The number of carbonyl (C=O) groups is 2. The Labute approximate surface area is 180 Å². The van der Waals surface area contributed by atoms with Crippen molar-refractivity contribution >= 4 is 22.9 Å². The fourth-order valence-corrected chi connectivity index (χ4v) is 6.50. The molecule has 0 radical (unpaired) electrons. The first-order chi connectivity index (χ1) is 14.8. The molecule has 7 heteroatoms. The summed E-state index contributed by atoms with van der Waals surface area (Å²) in [6.07, 6.45) is 6.95. The minimum Gasteiger partial charge on any atom is -0.483 e. The second kappa shape index (κ2) is 7.39. The number of fused-ring (bicyclic) bond motifs is 1. The van der Waals surface area contributed by atoms with Gasteiger partial charge in [-0.05, 0) is 87.8 Å². The van der Waals surface area contributed by atoms with Gasteiger partial charge in [0.15, 0.2) is 6.61 Å². The molecule has 164 valence electrons. The summed E-state index contributed by atoms with van der Waals surface area (Å²) in [6, 6.07) is 4.55. The highest BCUT2D eigenvalue weighted by molar-refractivity contribution is 5.95. The van der Waals surface area contributed by atoms with Crippen molar-refractivity contribution in [2.45, 2.75) is 57.9 Å². The molecule has 0 aliphatic heterocycles. The minimum atomic E-state index is -0.507. The third-order valence-corrected chi connectivity index (χ3v) is 7.35. The van der Waals surface area contributed by atoms with Gasteiger partial charge in [-0.15, -0.1) is 0 Å². The van der Waals surface area contributed by atoms with E-state index in [0.717, 1.165) is 30.2 Å². The Hall–Kier alpha value is -2.83. The van der Waals surface area contributed by atoms with Gasteiger partial charge in [-0.25, -0.2) is 9.59 Å². The summed E-state index contributed by atoms with van der Waals surface area (Å²) in [7, 11) is 0. The molecule has 0 unspecified atom stereocenters. The van der Waals surface area contributed by atoms with E-state index in [9.17, 15) is 14.4 Å². The molecule has 4 bridgehead atoms. The first kappa shape index (κ1) is 20.1. The molecule has 1 aromatic carbocycles. The zero-order valence-corrected chi connectivity index (χ0v) is 18.0. The van der Waals surface area contributed by atoms with Crippen molar-refractivity contribution in [3.8, 4) is 5.75 Å². The molecule has 1 heterocycles. The van der Waals surface area contributed by atoms with E-state index in [0.29, 0.717) is 34.6 Å². The smallest absolute Gasteiger partial charge is 0.336 e. The number of aryl methyl sites for hydroxylation is 2. The number of benzene rings is 1. The van der Waals surface area contributed by atoms with Crippen LogP contribution in [-0.4, -0.2) is 24.1 Å².